The van der Waals surface area contributed by atoms with Gasteiger partial charge in [-0.1, -0.05) is 0 Å². The highest BCUT2D eigenvalue weighted by Crippen LogP contribution is 2.08. The van der Waals surface area contributed by atoms with E-state index in [1.807, 2.05) is 5.32 Å². The number of carbonyl (C=O) groups is 6. The zero-order valence-corrected chi connectivity index (χ0v) is 18.2. The molecule has 14 nitrogen and oxygen atoms in total. The number of hydrogen-bond acceptors (Lipinski definition) is 8. The second-order valence-electron chi connectivity index (χ2n) is 7.72. The van der Waals surface area contributed by atoms with E-state index in [-0.39, 0.29) is 12.3 Å². The summed E-state index contributed by atoms with van der Waals surface area (Å²) >= 11 is 0. The van der Waals surface area contributed by atoms with Gasteiger partial charge in [0.25, 0.3) is 0 Å². The molecule has 186 valence electrons. The summed E-state index contributed by atoms with van der Waals surface area (Å²) < 4.78 is 0. The van der Waals surface area contributed by atoms with E-state index in [4.69, 9.17) is 21.7 Å². The Morgan fingerprint density at radius 2 is 1.55 bits per heavy atom. The van der Waals surface area contributed by atoms with Crippen molar-refractivity contribution in [2.75, 3.05) is 13.1 Å². The number of nitrogens with two attached hydrogens (primary N) is 2. The lowest BCUT2D eigenvalue weighted by Gasteiger charge is -2.24. The van der Waals surface area contributed by atoms with Crippen molar-refractivity contribution in [3.8, 4) is 0 Å². The van der Waals surface area contributed by atoms with Gasteiger partial charge in [-0.3, -0.25) is 24.0 Å². The van der Waals surface area contributed by atoms with Crippen molar-refractivity contribution in [3.63, 3.8) is 0 Å². The van der Waals surface area contributed by atoms with E-state index < -0.39 is 66.7 Å². The minimum atomic E-state index is -1.78. The Kier molecular flexibility index (Phi) is 11.8. The zero-order chi connectivity index (χ0) is 25.0. The Hall–Kier alpha value is -3.26. The highest BCUT2D eigenvalue weighted by atomic mass is 16.4. The molecule has 0 aromatic heterocycles. The molecule has 1 aliphatic rings. The first-order valence-electron chi connectivity index (χ1n) is 10.6. The molecule has 4 unspecified atom stereocenters. The summed E-state index contributed by atoms with van der Waals surface area (Å²) in [5, 5.41) is 27.8. The number of carboxylic acid groups (broad SMARTS) is 2. The molecule has 1 heterocycles. The van der Waals surface area contributed by atoms with E-state index >= 15 is 0 Å². The van der Waals surface area contributed by atoms with Gasteiger partial charge >= 0.3 is 11.9 Å². The first-order valence-corrected chi connectivity index (χ1v) is 10.6. The summed E-state index contributed by atoms with van der Waals surface area (Å²) in [6.45, 7) is 1.05. The number of unbranched alkanes of at least 4 members (excludes halogenated alkanes) is 1. The molecular formula is C19H32N6O8. The molecule has 0 bridgehead atoms. The topological polar surface area (TPSA) is 243 Å². The summed E-state index contributed by atoms with van der Waals surface area (Å²) in [5.74, 6) is -6.29. The van der Waals surface area contributed by atoms with Crippen molar-refractivity contribution in [3.05, 3.63) is 0 Å². The highest BCUT2D eigenvalue weighted by molar-refractivity contribution is 5.96. The number of carboxylic acids is 2. The first kappa shape index (κ1) is 27.8. The predicted octanol–water partition coefficient (Wildman–Crippen LogP) is -3.24. The van der Waals surface area contributed by atoms with Crippen molar-refractivity contribution in [2.45, 2.75) is 69.1 Å². The Labute approximate surface area is 190 Å². The molecule has 0 aliphatic carbocycles. The van der Waals surface area contributed by atoms with Crippen LogP contribution in [0.4, 0.5) is 0 Å². The molecule has 0 aromatic rings. The number of nitrogens with one attached hydrogen (secondary N) is 4. The third-order valence-electron chi connectivity index (χ3n) is 4.99. The fourth-order valence-corrected chi connectivity index (χ4v) is 3.27. The molecule has 4 amide bonds. The SMILES string of the molecule is NCCCCC(NC(=O)C1CCCN1)C(=O)NC(CC(N)=O)C(=O)NC(CC(=O)O)C(=O)O. The molecule has 0 spiro atoms. The van der Waals surface area contributed by atoms with Gasteiger partial charge in [0.1, 0.15) is 18.1 Å². The molecule has 1 saturated heterocycles. The fourth-order valence-electron chi connectivity index (χ4n) is 3.27. The lowest BCUT2D eigenvalue weighted by molar-refractivity contribution is -0.147. The first-order chi connectivity index (χ1) is 15.5. The van der Waals surface area contributed by atoms with Crippen LogP contribution in [0, 0.1) is 0 Å². The molecule has 14 heteroatoms. The van der Waals surface area contributed by atoms with Gasteiger partial charge in [0, 0.05) is 0 Å². The van der Waals surface area contributed by atoms with Crippen LogP contribution in [-0.4, -0.2) is 83.0 Å². The van der Waals surface area contributed by atoms with Crippen LogP contribution >= 0.6 is 0 Å². The van der Waals surface area contributed by atoms with Crippen molar-refractivity contribution >= 4 is 35.6 Å². The molecule has 1 rings (SSSR count). The van der Waals surface area contributed by atoms with Gasteiger partial charge in [-0.25, -0.2) is 4.79 Å². The largest absolute Gasteiger partial charge is 0.481 e. The smallest absolute Gasteiger partial charge is 0.326 e. The standard InChI is InChI=1S/C19H32N6O8/c20-6-2-1-4-11(23-16(29)10-5-3-7-22-10)17(30)24-12(8-14(21)26)18(31)25-13(19(32)33)9-15(27)28/h10-13,22H,1-9,20H2,(H2,21,26)(H,23,29)(H,24,30)(H,25,31)(H,27,28)(H,32,33). The maximum Gasteiger partial charge on any atom is 0.326 e. The third-order valence-corrected chi connectivity index (χ3v) is 4.99. The van der Waals surface area contributed by atoms with Crippen molar-refractivity contribution in [2.24, 2.45) is 11.5 Å². The van der Waals surface area contributed by atoms with Gasteiger partial charge in [0.05, 0.1) is 18.9 Å². The normalized spacial score (nSPS) is 17.9. The lowest BCUT2D eigenvalue weighted by atomic mass is 10.1. The molecule has 1 fully saturated rings. The maximum atomic E-state index is 12.9. The number of carbonyl (C=O) groups excluding carboxylic acids is 4. The second kappa shape index (κ2) is 14.0. The van der Waals surface area contributed by atoms with E-state index in [1.165, 1.54) is 0 Å². The predicted molar refractivity (Wildman–Crippen MR) is 113 cm³/mol. The summed E-state index contributed by atoms with van der Waals surface area (Å²) in [6.07, 6.45) is 1.14. The molecule has 0 saturated carbocycles. The number of amides is 4. The van der Waals surface area contributed by atoms with Gasteiger partial charge < -0.3 is 42.9 Å². The monoisotopic (exact) mass is 472 g/mol. The van der Waals surface area contributed by atoms with E-state index in [9.17, 15) is 28.8 Å². The van der Waals surface area contributed by atoms with Gasteiger partial charge in [0.15, 0.2) is 0 Å². The summed E-state index contributed by atoms with van der Waals surface area (Å²) in [5.41, 5.74) is 10.6. The Bertz CT molecular complexity index is 740. The molecule has 0 radical (unpaired) electrons. The van der Waals surface area contributed by atoms with E-state index in [0.717, 1.165) is 6.42 Å². The maximum absolute atomic E-state index is 12.9. The summed E-state index contributed by atoms with van der Waals surface area (Å²) in [7, 11) is 0. The van der Waals surface area contributed by atoms with Crippen LogP contribution in [0.3, 0.4) is 0 Å². The Morgan fingerprint density at radius 3 is 2.06 bits per heavy atom. The molecule has 1 aliphatic heterocycles. The summed E-state index contributed by atoms with van der Waals surface area (Å²) in [4.78, 5) is 71.3. The van der Waals surface area contributed by atoms with Crippen LogP contribution in [0.15, 0.2) is 0 Å². The number of rotatable bonds is 15. The van der Waals surface area contributed by atoms with E-state index in [0.29, 0.717) is 32.4 Å². The number of primary amides is 1. The van der Waals surface area contributed by atoms with Crippen molar-refractivity contribution in [1.29, 1.82) is 0 Å². The van der Waals surface area contributed by atoms with Crippen LogP contribution in [0.25, 0.3) is 0 Å². The average Bonchev–Trinajstić information content (AvgIpc) is 3.26. The minimum Gasteiger partial charge on any atom is -0.481 e. The third kappa shape index (κ3) is 10.3. The number of hydrogen-bond donors (Lipinski definition) is 8. The second-order valence-corrected chi connectivity index (χ2v) is 7.72. The van der Waals surface area contributed by atoms with Crippen LogP contribution in [0.2, 0.25) is 0 Å². The van der Waals surface area contributed by atoms with Gasteiger partial charge in [-0.15, -0.1) is 0 Å². The van der Waals surface area contributed by atoms with Gasteiger partial charge in [-0.2, -0.15) is 0 Å². The minimum absolute atomic E-state index is 0.211. The quantitative estimate of drug-likeness (QED) is 0.111. The highest BCUT2D eigenvalue weighted by Gasteiger charge is 2.32. The molecule has 33 heavy (non-hydrogen) atoms. The summed E-state index contributed by atoms with van der Waals surface area (Å²) in [6, 6.07) is -4.84. The Morgan fingerprint density at radius 1 is 0.909 bits per heavy atom. The zero-order valence-electron chi connectivity index (χ0n) is 18.2. The molecular weight excluding hydrogens is 440 g/mol. The van der Waals surface area contributed by atoms with Crippen LogP contribution in [0.1, 0.15) is 44.9 Å². The van der Waals surface area contributed by atoms with Crippen LogP contribution < -0.4 is 32.7 Å². The van der Waals surface area contributed by atoms with Crippen molar-refractivity contribution < 1.29 is 39.0 Å². The van der Waals surface area contributed by atoms with E-state index in [1.54, 1.807) is 0 Å². The van der Waals surface area contributed by atoms with Crippen LogP contribution in [0.5, 0.6) is 0 Å². The Balaban J connectivity index is 2.92. The van der Waals surface area contributed by atoms with Crippen molar-refractivity contribution in [1.82, 2.24) is 21.3 Å². The number of aliphatic carboxylic acids is 2. The van der Waals surface area contributed by atoms with Gasteiger partial charge in [-0.05, 0) is 45.2 Å². The van der Waals surface area contributed by atoms with E-state index in [2.05, 4.69) is 16.0 Å². The lowest BCUT2D eigenvalue weighted by Crippen LogP contribution is -2.57. The average molecular weight is 472 g/mol. The molecule has 10 N–H and O–H groups in total. The fraction of sp³-hybridized carbons (Fsp3) is 0.684. The molecule has 0 aromatic carbocycles. The van der Waals surface area contributed by atoms with Gasteiger partial charge in [0.2, 0.25) is 23.6 Å². The molecule has 4 atom stereocenters. The van der Waals surface area contributed by atoms with Crippen LogP contribution in [-0.2, 0) is 28.8 Å².